The minimum Gasteiger partial charge on any atom is -0.317 e. The number of rotatable bonds is 3. The fourth-order valence-corrected chi connectivity index (χ4v) is 2.70. The third-order valence-corrected chi connectivity index (χ3v) is 3.88. The Morgan fingerprint density at radius 1 is 1.41 bits per heavy atom. The van der Waals surface area contributed by atoms with Gasteiger partial charge in [0.1, 0.15) is 0 Å². The summed E-state index contributed by atoms with van der Waals surface area (Å²) in [7, 11) is 2.07. The SMILES string of the molecule is CNC1CCN(Cc2ccncc2)C(C)(C)C1. The van der Waals surface area contributed by atoms with Gasteiger partial charge in [0, 0.05) is 37.1 Å². The van der Waals surface area contributed by atoms with Crippen LogP contribution in [0.3, 0.4) is 0 Å². The van der Waals surface area contributed by atoms with E-state index in [0.717, 1.165) is 6.54 Å². The van der Waals surface area contributed by atoms with E-state index in [1.807, 2.05) is 12.4 Å². The first-order valence-electron chi connectivity index (χ1n) is 6.43. The highest BCUT2D eigenvalue weighted by Crippen LogP contribution is 2.28. The fraction of sp³-hybridized carbons (Fsp3) is 0.643. The van der Waals surface area contributed by atoms with Crippen LogP contribution in [0.5, 0.6) is 0 Å². The van der Waals surface area contributed by atoms with Crippen LogP contribution in [0.4, 0.5) is 0 Å². The van der Waals surface area contributed by atoms with Crippen LogP contribution in [0.25, 0.3) is 0 Å². The summed E-state index contributed by atoms with van der Waals surface area (Å²) in [6, 6.07) is 4.89. The molecule has 1 aromatic rings. The van der Waals surface area contributed by atoms with Crippen molar-refractivity contribution in [3.63, 3.8) is 0 Å². The number of piperidine rings is 1. The van der Waals surface area contributed by atoms with E-state index >= 15 is 0 Å². The van der Waals surface area contributed by atoms with Crippen molar-refractivity contribution in [1.82, 2.24) is 15.2 Å². The van der Waals surface area contributed by atoms with Crippen molar-refractivity contribution < 1.29 is 0 Å². The van der Waals surface area contributed by atoms with Crippen LogP contribution in [0.2, 0.25) is 0 Å². The van der Waals surface area contributed by atoms with Gasteiger partial charge < -0.3 is 5.32 Å². The third kappa shape index (κ3) is 3.05. The number of pyridine rings is 1. The fourth-order valence-electron chi connectivity index (χ4n) is 2.70. The molecule has 1 fully saturated rings. The number of likely N-dealkylation sites (tertiary alicyclic amines) is 1. The Bertz CT molecular complexity index is 348. The van der Waals surface area contributed by atoms with Crippen LogP contribution >= 0.6 is 0 Å². The second-order valence-corrected chi connectivity index (χ2v) is 5.57. The molecule has 0 aromatic carbocycles. The third-order valence-electron chi connectivity index (χ3n) is 3.88. The topological polar surface area (TPSA) is 28.2 Å². The highest BCUT2D eigenvalue weighted by Gasteiger charge is 2.33. The average Bonchev–Trinajstić information content (AvgIpc) is 2.33. The van der Waals surface area contributed by atoms with Gasteiger partial charge >= 0.3 is 0 Å². The maximum Gasteiger partial charge on any atom is 0.0271 e. The van der Waals surface area contributed by atoms with Gasteiger partial charge in [-0.2, -0.15) is 0 Å². The first-order chi connectivity index (χ1) is 8.12. The van der Waals surface area contributed by atoms with Crippen LogP contribution in [-0.2, 0) is 6.54 Å². The van der Waals surface area contributed by atoms with Crippen molar-refractivity contribution in [2.75, 3.05) is 13.6 Å². The summed E-state index contributed by atoms with van der Waals surface area (Å²) < 4.78 is 0. The summed E-state index contributed by atoms with van der Waals surface area (Å²) in [5.41, 5.74) is 1.63. The Balaban J connectivity index is 2.02. The largest absolute Gasteiger partial charge is 0.317 e. The lowest BCUT2D eigenvalue weighted by Gasteiger charge is -2.45. The van der Waals surface area contributed by atoms with E-state index < -0.39 is 0 Å². The van der Waals surface area contributed by atoms with Crippen LogP contribution < -0.4 is 5.32 Å². The molecule has 3 heteroatoms. The monoisotopic (exact) mass is 233 g/mol. The lowest BCUT2D eigenvalue weighted by Crippen LogP contribution is -2.53. The van der Waals surface area contributed by atoms with Crippen LogP contribution in [-0.4, -0.2) is 35.1 Å². The summed E-state index contributed by atoms with van der Waals surface area (Å²) in [6.07, 6.45) is 6.21. The van der Waals surface area contributed by atoms with Gasteiger partial charge in [-0.1, -0.05) is 0 Å². The van der Waals surface area contributed by atoms with Crippen molar-refractivity contribution >= 4 is 0 Å². The van der Waals surface area contributed by atoms with E-state index in [1.165, 1.54) is 24.9 Å². The molecule has 1 atom stereocenters. The van der Waals surface area contributed by atoms with E-state index in [9.17, 15) is 0 Å². The zero-order chi connectivity index (χ0) is 12.3. The van der Waals surface area contributed by atoms with E-state index in [1.54, 1.807) is 0 Å². The highest BCUT2D eigenvalue weighted by atomic mass is 15.2. The summed E-state index contributed by atoms with van der Waals surface area (Å²) in [4.78, 5) is 6.65. The molecule has 0 bridgehead atoms. The molecule has 1 aliphatic heterocycles. The second-order valence-electron chi connectivity index (χ2n) is 5.57. The molecule has 0 amide bonds. The number of hydrogen-bond acceptors (Lipinski definition) is 3. The van der Waals surface area contributed by atoms with Gasteiger partial charge in [-0.15, -0.1) is 0 Å². The van der Waals surface area contributed by atoms with Gasteiger partial charge in [-0.3, -0.25) is 9.88 Å². The Kier molecular flexibility index (Phi) is 3.79. The summed E-state index contributed by atoms with van der Waals surface area (Å²) in [6.45, 7) is 6.89. The smallest absolute Gasteiger partial charge is 0.0271 e. The molecule has 0 radical (unpaired) electrons. The normalized spacial score (nSPS) is 24.8. The first-order valence-corrected chi connectivity index (χ1v) is 6.43. The number of hydrogen-bond donors (Lipinski definition) is 1. The Morgan fingerprint density at radius 2 is 2.12 bits per heavy atom. The highest BCUT2D eigenvalue weighted by molar-refractivity contribution is 5.10. The molecule has 1 aliphatic rings. The Labute approximate surface area is 104 Å². The summed E-state index contributed by atoms with van der Waals surface area (Å²) >= 11 is 0. The van der Waals surface area contributed by atoms with Crippen molar-refractivity contribution in [2.24, 2.45) is 0 Å². The van der Waals surface area contributed by atoms with E-state index in [0.29, 0.717) is 6.04 Å². The average molecular weight is 233 g/mol. The summed E-state index contributed by atoms with van der Waals surface area (Å²) in [5.74, 6) is 0. The molecule has 3 nitrogen and oxygen atoms in total. The Morgan fingerprint density at radius 3 is 2.71 bits per heavy atom. The van der Waals surface area contributed by atoms with Crippen LogP contribution in [0.15, 0.2) is 24.5 Å². The minimum atomic E-state index is 0.273. The van der Waals surface area contributed by atoms with Crippen LogP contribution in [0.1, 0.15) is 32.3 Å². The standard InChI is InChI=1S/C14H23N3/c1-14(2)10-13(15-3)6-9-17(14)11-12-4-7-16-8-5-12/h4-5,7-8,13,15H,6,9-11H2,1-3H3. The lowest BCUT2D eigenvalue weighted by molar-refractivity contribution is 0.0529. The molecule has 17 heavy (non-hydrogen) atoms. The summed E-state index contributed by atoms with van der Waals surface area (Å²) in [5, 5.41) is 3.41. The molecule has 94 valence electrons. The number of nitrogens with zero attached hydrogens (tertiary/aromatic N) is 2. The van der Waals surface area contributed by atoms with Crippen molar-refractivity contribution in [2.45, 2.75) is 44.8 Å². The molecule has 1 unspecified atom stereocenters. The van der Waals surface area contributed by atoms with Gasteiger partial charge in [0.05, 0.1) is 0 Å². The maximum atomic E-state index is 4.07. The van der Waals surface area contributed by atoms with Gasteiger partial charge in [-0.05, 0) is 51.4 Å². The predicted molar refractivity (Wildman–Crippen MR) is 70.8 cm³/mol. The van der Waals surface area contributed by atoms with Crippen molar-refractivity contribution in [3.05, 3.63) is 30.1 Å². The van der Waals surface area contributed by atoms with E-state index in [4.69, 9.17) is 0 Å². The van der Waals surface area contributed by atoms with Gasteiger partial charge in [0.2, 0.25) is 0 Å². The molecular weight excluding hydrogens is 210 g/mol. The van der Waals surface area contributed by atoms with Crippen molar-refractivity contribution in [3.8, 4) is 0 Å². The van der Waals surface area contributed by atoms with Crippen LogP contribution in [0, 0.1) is 0 Å². The minimum absolute atomic E-state index is 0.273. The van der Waals surface area contributed by atoms with E-state index in [2.05, 4.69) is 48.2 Å². The molecule has 0 saturated carbocycles. The zero-order valence-corrected chi connectivity index (χ0v) is 11.1. The molecular formula is C14H23N3. The molecule has 1 saturated heterocycles. The number of nitrogens with one attached hydrogen (secondary N) is 1. The maximum absolute atomic E-state index is 4.07. The molecule has 2 rings (SSSR count). The van der Waals surface area contributed by atoms with Crippen molar-refractivity contribution in [1.29, 1.82) is 0 Å². The molecule has 0 aliphatic carbocycles. The molecule has 1 N–H and O–H groups in total. The number of aromatic nitrogens is 1. The molecule has 0 spiro atoms. The zero-order valence-electron chi connectivity index (χ0n) is 11.1. The predicted octanol–water partition coefficient (Wildman–Crippen LogP) is 2.04. The lowest BCUT2D eigenvalue weighted by atomic mass is 9.86. The second kappa shape index (κ2) is 5.15. The van der Waals surface area contributed by atoms with Gasteiger partial charge in [0.15, 0.2) is 0 Å². The first kappa shape index (κ1) is 12.5. The molecule has 1 aromatic heterocycles. The molecule has 2 heterocycles. The van der Waals surface area contributed by atoms with Gasteiger partial charge in [0.25, 0.3) is 0 Å². The Hall–Kier alpha value is -0.930. The quantitative estimate of drug-likeness (QED) is 0.866. The van der Waals surface area contributed by atoms with Gasteiger partial charge in [-0.25, -0.2) is 0 Å². The van der Waals surface area contributed by atoms with E-state index in [-0.39, 0.29) is 5.54 Å².